The number of carbonyl (C=O) groups is 1. The Labute approximate surface area is 201 Å². The van der Waals surface area contributed by atoms with Crippen LogP contribution in [-0.4, -0.2) is 38.8 Å². The fraction of sp³-hybridized carbons (Fsp3) is 0.370. The van der Waals surface area contributed by atoms with Crippen LogP contribution in [0.5, 0.6) is 5.75 Å². The third-order valence-corrected chi connectivity index (χ3v) is 8.87. The van der Waals surface area contributed by atoms with E-state index in [0.717, 1.165) is 48.7 Å². The summed E-state index contributed by atoms with van der Waals surface area (Å²) in [6.45, 7) is 1.11. The standard InChI is InChI=1S/C27H30N2O4S/c1-33-25-14-12-22(34(31,32)29-16-3-2-4-17-29)18-21(25)11-15-26(30)28-24-13-10-20-9-8-19-6-5-7-23(24)27(19)20/h5-7,10,12-14,18H,2-4,8-9,11,15-17H2,1H3,(H,28,30). The predicted molar refractivity (Wildman–Crippen MR) is 134 cm³/mol. The van der Waals surface area contributed by atoms with Crippen LogP contribution in [-0.2, 0) is 34.1 Å². The maximum Gasteiger partial charge on any atom is 0.243 e. The Hall–Kier alpha value is -2.90. The quantitative estimate of drug-likeness (QED) is 0.534. The highest BCUT2D eigenvalue weighted by molar-refractivity contribution is 7.89. The van der Waals surface area contributed by atoms with E-state index in [9.17, 15) is 13.2 Å². The maximum absolute atomic E-state index is 13.1. The zero-order valence-electron chi connectivity index (χ0n) is 19.5. The van der Waals surface area contributed by atoms with Gasteiger partial charge in [-0.2, -0.15) is 4.31 Å². The van der Waals surface area contributed by atoms with Gasteiger partial charge >= 0.3 is 0 Å². The molecule has 1 amide bonds. The number of carbonyl (C=O) groups excluding carboxylic acids is 1. The van der Waals surface area contributed by atoms with Crippen LogP contribution in [0.2, 0.25) is 0 Å². The van der Waals surface area contributed by atoms with Crippen molar-refractivity contribution in [2.75, 3.05) is 25.5 Å². The lowest BCUT2D eigenvalue weighted by molar-refractivity contribution is -0.116. The lowest BCUT2D eigenvalue weighted by atomic mass is 10.0. The summed E-state index contributed by atoms with van der Waals surface area (Å²) in [5.74, 6) is 0.487. The Balaban J connectivity index is 1.33. The smallest absolute Gasteiger partial charge is 0.243 e. The summed E-state index contributed by atoms with van der Waals surface area (Å²) >= 11 is 0. The van der Waals surface area contributed by atoms with Gasteiger partial charge in [0.15, 0.2) is 0 Å². The molecule has 1 heterocycles. The number of aryl methyl sites for hydroxylation is 3. The SMILES string of the molecule is COc1ccc(S(=O)(=O)N2CCCCC2)cc1CCC(=O)Nc1ccc2c3c(cccc13)CC2. The molecule has 1 N–H and O–H groups in total. The van der Waals surface area contributed by atoms with Gasteiger partial charge < -0.3 is 10.1 Å². The number of sulfonamides is 1. The summed E-state index contributed by atoms with van der Waals surface area (Å²) in [6.07, 6.45) is 5.54. The van der Waals surface area contributed by atoms with E-state index < -0.39 is 10.0 Å². The Morgan fingerprint density at radius 1 is 1.00 bits per heavy atom. The highest BCUT2D eigenvalue weighted by Crippen LogP contribution is 2.35. The van der Waals surface area contributed by atoms with Crippen molar-refractivity contribution in [2.45, 2.75) is 49.8 Å². The molecule has 2 aliphatic rings. The molecule has 1 fully saturated rings. The molecule has 5 rings (SSSR count). The van der Waals surface area contributed by atoms with Crippen LogP contribution < -0.4 is 10.1 Å². The van der Waals surface area contributed by atoms with E-state index in [-0.39, 0.29) is 17.2 Å². The van der Waals surface area contributed by atoms with Gasteiger partial charge in [-0.05, 0) is 78.4 Å². The first kappa shape index (κ1) is 22.9. The van der Waals surface area contributed by atoms with E-state index in [1.54, 1.807) is 29.6 Å². The number of piperidine rings is 1. The number of rotatable bonds is 7. The Bertz CT molecular complexity index is 1330. The number of hydrogen-bond donors (Lipinski definition) is 1. The molecule has 7 heteroatoms. The molecule has 1 aliphatic heterocycles. The average molecular weight is 479 g/mol. The highest BCUT2D eigenvalue weighted by atomic mass is 32.2. The van der Waals surface area contributed by atoms with E-state index in [1.807, 2.05) is 12.1 Å². The van der Waals surface area contributed by atoms with Gasteiger partial charge in [-0.15, -0.1) is 0 Å². The first-order valence-corrected chi connectivity index (χ1v) is 13.4. The van der Waals surface area contributed by atoms with Crippen molar-refractivity contribution in [1.82, 2.24) is 4.31 Å². The summed E-state index contributed by atoms with van der Waals surface area (Å²) in [6, 6.07) is 15.3. The predicted octanol–water partition coefficient (Wildman–Crippen LogP) is 4.69. The Morgan fingerprint density at radius 3 is 2.53 bits per heavy atom. The van der Waals surface area contributed by atoms with Crippen molar-refractivity contribution in [2.24, 2.45) is 0 Å². The minimum atomic E-state index is -3.55. The van der Waals surface area contributed by atoms with Gasteiger partial charge in [0.25, 0.3) is 0 Å². The molecule has 0 bridgehead atoms. The normalized spacial score (nSPS) is 16.0. The number of benzene rings is 3. The first-order valence-electron chi connectivity index (χ1n) is 12.0. The van der Waals surface area contributed by atoms with E-state index in [0.29, 0.717) is 25.3 Å². The van der Waals surface area contributed by atoms with Crippen molar-refractivity contribution in [3.8, 4) is 5.75 Å². The molecule has 1 saturated heterocycles. The van der Waals surface area contributed by atoms with Crippen LogP contribution in [0.25, 0.3) is 10.8 Å². The number of anilines is 1. The van der Waals surface area contributed by atoms with Crippen molar-refractivity contribution in [3.63, 3.8) is 0 Å². The largest absolute Gasteiger partial charge is 0.496 e. The molecule has 178 valence electrons. The Kier molecular flexibility index (Phi) is 6.32. The lowest BCUT2D eigenvalue weighted by Gasteiger charge is -2.26. The van der Waals surface area contributed by atoms with Crippen LogP contribution >= 0.6 is 0 Å². The molecule has 0 unspecified atom stereocenters. The van der Waals surface area contributed by atoms with Crippen molar-refractivity contribution in [3.05, 3.63) is 65.2 Å². The first-order chi connectivity index (χ1) is 16.5. The molecule has 3 aromatic carbocycles. The molecule has 0 radical (unpaired) electrons. The fourth-order valence-electron chi connectivity index (χ4n) is 5.18. The van der Waals surface area contributed by atoms with Crippen LogP contribution in [0, 0.1) is 0 Å². The van der Waals surface area contributed by atoms with Crippen molar-refractivity contribution < 1.29 is 17.9 Å². The van der Waals surface area contributed by atoms with Crippen LogP contribution in [0.4, 0.5) is 5.69 Å². The van der Waals surface area contributed by atoms with Gasteiger partial charge in [-0.1, -0.05) is 30.7 Å². The second-order valence-electron chi connectivity index (χ2n) is 9.10. The average Bonchev–Trinajstić information content (AvgIpc) is 3.29. The minimum absolute atomic E-state index is 0.106. The van der Waals surface area contributed by atoms with Crippen molar-refractivity contribution in [1.29, 1.82) is 0 Å². The summed E-state index contributed by atoms with van der Waals surface area (Å²) in [5, 5.41) is 5.40. The number of nitrogens with one attached hydrogen (secondary N) is 1. The number of methoxy groups -OCH3 is 1. The summed E-state index contributed by atoms with van der Waals surface area (Å²) < 4.78 is 33.2. The summed E-state index contributed by atoms with van der Waals surface area (Å²) in [7, 11) is -1.99. The van der Waals surface area contributed by atoms with Crippen LogP contribution in [0.1, 0.15) is 42.4 Å². The fourth-order valence-corrected chi connectivity index (χ4v) is 6.75. The molecule has 3 aromatic rings. The summed E-state index contributed by atoms with van der Waals surface area (Å²) in [5.41, 5.74) is 4.21. The highest BCUT2D eigenvalue weighted by Gasteiger charge is 2.27. The third-order valence-electron chi connectivity index (χ3n) is 6.98. The number of hydrogen-bond acceptors (Lipinski definition) is 4. The molecular formula is C27H30N2O4S. The lowest BCUT2D eigenvalue weighted by Crippen LogP contribution is -2.35. The van der Waals surface area contributed by atoms with Crippen LogP contribution in [0.3, 0.4) is 0 Å². The Morgan fingerprint density at radius 2 is 1.76 bits per heavy atom. The van der Waals surface area contributed by atoms with Gasteiger partial charge in [0.1, 0.15) is 5.75 Å². The van der Waals surface area contributed by atoms with E-state index in [2.05, 4.69) is 23.5 Å². The monoisotopic (exact) mass is 478 g/mol. The van der Waals surface area contributed by atoms with E-state index in [1.165, 1.54) is 16.5 Å². The van der Waals surface area contributed by atoms with Gasteiger partial charge in [0, 0.05) is 30.6 Å². The minimum Gasteiger partial charge on any atom is -0.496 e. The van der Waals surface area contributed by atoms with E-state index in [4.69, 9.17) is 4.74 Å². The third kappa shape index (κ3) is 4.30. The molecule has 0 spiro atoms. The van der Waals surface area contributed by atoms with Gasteiger partial charge in [-0.3, -0.25) is 4.79 Å². The summed E-state index contributed by atoms with van der Waals surface area (Å²) in [4.78, 5) is 13.1. The van der Waals surface area contributed by atoms with Crippen molar-refractivity contribution >= 4 is 32.4 Å². The van der Waals surface area contributed by atoms with Gasteiger partial charge in [-0.25, -0.2) is 8.42 Å². The topological polar surface area (TPSA) is 75.7 Å². The zero-order chi connectivity index (χ0) is 23.7. The van der Waals surface area contributed by atoms with Gasteiger partial charge in [0.05, 0.1) is 12.0 Å². The second kappa shape index (κ2) is 9.39. The zero-order valence-corrected chi connectivity index (χ0v) is 20.3. The molecular weight excluding hydrogens is 448 g/mol. The van der Waals surface area contributed by atoms with Crippen LogP contribution in [0.15, 0.2) is 53.4 Å². The number of ether oxygens (including phenoxy) is 1. The molecule has 0 atom stereocenters. The number of amides is 1. The van der Waals surface area contributed by atoms with Gasteiger partial charge in [0.2, 0.25) is 15.9 Å². The second-order valence-corrected chi connectivity index (χ2v) is 11.0. The van der Waals surface area contributed by atoms with E-state index >= 15 is 0 Å². The number of nitrogens with zero attached hydrogens (tertiary/aromatic N) is 1. The molecule has 0 aromatic heterocycles. The molecule has 1 aliphatic carbocycles. The molecule has 0 saturated carbocycles. The molecule has 34 heavy (non-hydrogen) atoms. The maximum atomic E-state index is 13.1. The molecule has 6 nitrogen and oxygen atoms in total.